The van der Waals surface area contributed by atoms with E-state index < -0.39 is 10.0 Å². The van der Waals surface area contributed by atoms with Crippen molar-refractivity contribution in [3.8, 4) is 5.75 Å². The number of hydrogen-bond acceptors (Lipinski definition) is 4. The second-order valence-corrected chi connectivity index (χ2v) is 7.45. The van der Waals surface area contributed by atoms with Crippen molar-refractivity contribution >= 4 is 15.7 Å². The average molecular weight is 350 g/mol. The van der Waals surface area contributed by atoms with E-state index in [1.54, 1.807) is 24.3 Å². The molecule has 3 rings (SSSR count). The van der Waals surface area contributed by atoms with Crippen LogP contribution in [0, 0.1) is 5.82 Å². The number of nitrogens with two attached hydrogens (primary N) is 1. The minimum absolute atomic E-state index is 0.131. The minimum Gasteiger partial charge on any atom is -0.492 e. The molecule has 0 aliphatic carbocycles. The summed E-state index contributed by atoms with van der Waals surface area (Å²) in [7, 11) is -3.70. The lowest BCUT2D eigenvalue weighted by molar-refractivity contribution is 0.319. The Morgan fingerprint density at radius 1 is 1.29 bits per heavy atom. The zero-order chi connectivity index (χ0) is 17.3. The largest absolute Gasteiger partial charge is 0.492 e. The summed E-state index contributed by atoms with van der Waals surface area (Å²) in [6.07, 6.45) is 0.749. The molecule has 5 nitrogen and oxygen atoms in total. The molecule has 0 bridgehead atoms. The van der Waals surface area contributed by atoms with Gasteiger partial charge in [0, 0.05) is 17.8 Å². The number of nitrogens with zero attached hydrogens (tertiary/aromatic N) is 1. The van der Waals surface area contributed by atoms with Crippen molar-refractivity contribution in [3.05, 3.63) is 53.8 Å². The maximum absolute atomic E-state index is 13.1. The fourth-order valence-electron chi connectivity index (χ4n) is 3.01. The summed E-state index contributed by atoms with van der Waals surface area (Å²) in [6.45, 7) is 3.10. The highest BCUT2D eigenvalue weighted by Gasteiger charge is 2.27. The second kappa shape index (κ2) is 6.41. The third-order valence-corrected chi connectivity index (χ3v) is 5.04. The summed E-state index contributed by atoms with van der Waals surface area (Å²) in [5.41, 5.74) is 1.94. The van der Waals surface area contributed by atoms with Gasteiger partial charge in [-0.3, -0.25) is 0 Å². The van der Waals surface area contributed by atoms with Gasteiger partial charge in [-0.2, -0.15) is 0 Å². The van der Waals surface area contributed by atoms with Gasteiger partial charge in [0.25, 0.3) is 0 Å². The molecule has 1 heterocycles. The van der Waals surface area contributed by atoms with Crippen LogP contribution in [0.4, 0.5) is 10.1 Å². The van der Waals surface area contributed by atoms with Crippen LogP contribution in [0.3, 0.4) is 0 Å². The monoisotopic (exact) mass is 350 g/mol. The van der Waals surface area contributed by atoms with Crippen LogP contribution >= 0.6 is 0 Å². The zero-order valence-electron chi connectivity index (χ0n) is 13.3. The minimum atomic E-state index is -3.70. The van der Waals surface area contributed by atoms with Crippen molar-refractivity contribution in [1.82, 2.24) is 0 Å². The number of hydrogen-bond donors (Lipinski definition) is 1. The van der Waals surface area contributed by atoms with E-state index in [-0.39, 0.29) is 16.8 Å². The molecule has 0 saturated heterocycles. The molecule has 1 atom stereocenters. The Kier molecular flexibility index (Phi) is 4.47. The molecule has 128 valence electrons. The molecule has 2 aromatic rings. The first-order valence-corrected chi connectivity index (χ1v) is 9.20. The maximum atomic E-state index is 13.1. The molecule has 0 spiro atoms. The molecule has 0 saturated carbocycles. The Labute approximate surface area is 140 Å². The first-order chi connectivity index (χ1) is 11.3. The van der Waals surface area contributed by atoms with Gasteiger partial charge in [0.2, 0.25) is 10.0 Å². The number of fused-ring (bicyclic) bond motifs is 1. The summed E-state index contributed by atoms with van der Waals surface area (Å²) in [5, 5.41) is 5.18. The van der Waals surface area contributed by atoms with Crippen LogP contribution in [0.1, 0.15) is 12.5 Å². The van der Waals surface area contributed by atoms with Gasteiger partial charge in [0.05, 0.1) is 11.4 Å². The number of benzene rings is 2. The Balaban J connectivity index is 1.70. The van der Waals surface area contributed by atoms with Crippen LogP contribution < -0.4 is 14.8 Å². The third kappa shape index (κ3) is 3.52. The number of rotatable bonds is 5. The molecule has 24 heavy (non-hydrogen) atoms. The van der Waals surface area contributed by atoms with Gasteiger partial charge in [-0.15, -0.1) is 0 Å². The predicted octanol–water partition coefficient (Wildman–Crippen LogP) is 2.30. The van der Waals surface area contributed by atoms with Crippen molar-refractivity contribution in [1.29, 1.82) is 0 Å². The summed E-state index contributed by atoms with van der Waals surface area (Å²) >= 11 is 0. The van der Waals surface area contributed by atoms with Gasteiger partial charge in [0.15, 0.2) is 0 Å². The Bertz CT molecular complexity index is 855. The quantitative estimate of drug-likeness (QED) is 0.898. The smallest absolute Gasteiger partial charge is 0.238 e. The number of anilines is 1. The van der Waals surface area contributed by atoms with E-state index in [2.05, 4.69) is 11.8 Å². The number of halogens is 1. The highest BCUT2D eigenvalue weighted by atomic mass is 32.2. The topological polar surface area (TPSA) is 72.6 Å². The van der Waals surface area contributed by atoms with Crippen molar-refractivity contribution in [2.24, 2.45) is 5.14 Å². The summed E-state index contributed by atoms with van der Waals surface area (Å²) < 4.78 is 41.7. The second-order valence-electron chi connectivity index (χ2n) is 5.89. The van der Waals surface area contributed by atoms with E-state index in [0.29, 0.717) is 18.9 Å². The van der Waals surface area contributed by atoms with Crippen molar-refractivity contribution in [2.75, 3.05) is 18.1 Å². The van der Waals surface area contributed by atoms with Gasteiger partial charge < -0.3 is 9.64 Å². The summed E-state index contributed by atoms with van der Waals surface area (Å²) in [6, 6.07) is 11.2. The Morgan fingerprint density at radius 2 is 2.08 bits per heavy atom. The predicted molar refractivity (Wildman–Crippen MR) is 90.2 cm³/mol. The molecular weight excluding hydrogens is 331 g/mol. The maximum Gasteiger partial charge on any atom is 0.238 e. The van der Waals surface area contributed by atoms with Crippen molar-refractivity contribution < 1.29 is 17.5 Å². The molecule has 0 radical (unpaired) electrons. The first-order valence-electron chi connectivity index (χ1n) is 7.65. The Hall–Kier alpha value is -2.12. The molecule has 7 heteroatoms. The number of primary sulfonamides is 1. The highest BCUT2D eigenvalue weighted by Crippen LogP contribution is 2.33. The third-order valence-electron chi connectivity index (χ3n) is 4.13. The lowest BCUT2D eigenvalue weighted by Gasteiger charge is -2.25. The SMILES string of the molecule is C[C@H]1Cc2cc(S(N)(=O)=O)ccc2N1CCOc1cccc(F)c1. The molecule has 1 aliphatic rings. The fraction of sp³-hybridized carbons (Fsp3) is 0.294. The molecule has 0 amide bonds. The van der Waals surface area contributed by atoms with Gasteiger partial charge in [-0.25, -0.2) is 17.9 Å². The Morgan fingerprint density at radius 3 is 2.79 bits per heavy atom. The van der Waals surface area contributed by atoms with Gasteiger partial charge in [-0.05, 0) is 49.2 Å². The van der Waals surface area contributed by atoms with Crippen LogP contribution in [0.2, 0.25) is 0 Å². The molecular formula is C17H19FN2O3S. The standard InChI is InChI=1S/C17H19FN2O3S/c1-12-9-13-10-16(24(19,21)22)5-6-17(13)20(12)7-8-23-15-4-2-3-14(18)11-15/h2-6,10-12H,7-9H2,1H3,(H2,19,21,22)/t12-/m0/s1. The highest BCUT2D eigenvalue weighted by molar-refractivity contribution is 7.89. The molecule has 0 unspecified atom stereocenters. The molecule has 1 aliphatic heterocycles. The molecule has 2 aromatic carbocycles. The average Bonchev–Trinajstić information content (AvgIpc) is 2.82. The lowest BCUT2D eigenvalue weighted by atomic mass is 10.1. The van der Waals surface area contributed by atoms with E-state index in [1.165, 1.54) is 18.2 Å². The number of sulfonamides is 1. The van der Waals surface area contributed by atoms with Gasteiger partial charge in [0.1, 0.15) is 18.2 Å². The van der Waals surface area contributed by atoms with Crippen LogP contribution in [-0.4, -0.2) is 27.6 Å². The summed E-state index contributed by atoms with van der Waals surface area (Å²) in [5.74, 6) is 0.162. The lowest BCUT2D eigenvalue weighted by Crippen LogP contribution is -2.33. The number of ether oxygens (including phenoxy) is 1. The van der Waals surface area contributed by atoms with E-state index in [9.17, 15) is 12.8 Å². The molecule has 0 aromatic heterocycles. The van der Waals surface area contributed by atoms with E-state index in [0.717, 1.165) is 17.7 Å². The van der Waals surface area contributed by atoms with E-state index in [4.69, 9.17) is 9.88 Å². The van der Waals surface area contributed by atoms with Crippen molar-refractivity contribution in [3.63, 3.8) is 0 Å². The van der Waals surface area contributed by atoms with Crippen LogP contribution in [0.5, 0.6) is 5.75 Å². The van der Waals surface area contributed by atoms with Crippen LogP contribution in [0.25, 0.3) is 0 Å². The zero-order valence-corrected chi connectivity index (χ0v) is 14.1. The summed E-state index contributed by atoms with van der Waals surface area (Å²) in [4.78, 5) is 2.29. The van der Waals surface area contributed by atoms with Gasteiger partial charge in [-0.1, -0.05) is 6.07 Å². The first kappa shape index (κ1) is 16.7. The fourth-order valence-corrected chi connectivity index (χ4v) is 3.57. The van der Waals surface area contributed by atoms with Crippen LogP contribution in [0.15, 0.2) is 47.4 Å². The van der Waals surface area contributed by atoms with Crippen molar-refractivity contribution in [2.45, 2.75) is 24.3 Å². The van der Waals surface area contributed by atoms with E-state index in [1.807, 2.05) is 0 Å². The molecule has 2 N–H and O–H groups in total. The normalized spacial score (nSPS) is 17.0. The van der Waals surface area contributed by atoms with Crippen LogP contribution in [-0.2, 0) is 16.4 Å². The molecule has 0 fully saturated rings. The van der Waals surface area contributed by atoms with Gasteiger partial charge >= 0.3 is 0 Å². The van der Waals surface area contributed by atoms with E-state index >= 15 is 0 Å².